The zero-order chi connectivity index (χ0) is 15.8. The number of halogens is 2. The summed E-state index contributed by atoms with van der Waals surface area (Å²) < 4.78 is 30.7. The van der Waals surface area contributed by atoms with Gasteiger partial charge in [0.15, 0.2) is 11.0 Å². The summed E-state index contributed by atoms with van der Waals surface area (Å²) in [4.78, 5) is 26.4. The predicted molar refractivity (Wildman–Crippen MR) is 76.6 cm³/mol. The summed E-state index contributed by atoms with van der Waals surface area (Å²) in [7, 11) is 1.16. The monoisotopic (exact) mass is 316 g/mol. The number of nitrogens with zero attached hydrogens (tertiary/aromatic N) is 1. The summed E-state index contributed by atoms with van der Waals surface area (Å²) in [6.45, 7) is -0.946. The highest BCUT2D eigenvalue weighted by molar-refractivity contribution is 8.13. The highest BCUT2D eigenvalue weighted by Crippen LogP contribution is 2.22. The van der Waals surface area contributed by atoms with Gasteiger partial charge in [0, 0.05) is 5.56 Å². The number of amidine groups is 1. The van der Waals surface area contributed by atoms with Crippen molar-refractivity contribution in [3.05, 3.63) is 29.6 Å². The molecular weight excluding hydrogens is 302 g/mol. The lowest BCUT2D eigenvalue weighted by molar-refractivity contribution is -0.143. The number of rotatable bonds is 4. The van der Waals surface area contributed by atoms with E-state index in [1.807, 2.05) is 0 Å². The first-order chi connectivity index (χ1) is 10.0. The van der Waals surface area contributed by atoms with Crippen molar-refractivity contribution in [1.82, 2.24) is 5.32 Å². The third kappa shape index (κ3) is 5.14. The van der Waals surface area contributed by atoms with Gasteiger partial charge in [-0.05, 0) is 12.3 Å². The normalized spacial score (nSPS) is 11.1. The Morgan fingerprint density at radius 2 is 2.14 bits per heavy atom. The molecular formula is C13H14F2N2O3S. The first-order valence-electron chi connectivity index (χ1n) is 5.84. The van der Waals surface area contributed by atoms with E-state index in [-0.39, 0.29) is 16.4 Å². The molecule has 0 aromatic heterocycles. The molecule has 0 radical (unpaired) electrons. The van der Waals surface area contributed by atoms with Gasteiger partial charge in [0.2, 0.25) is 5.91 Å². The number of ether oxygens (including phenoxy) is 1. The number of aliphatic imine (C=N–C) groups is 1. The largest absolute Gasteiger partial charge is 0.469 e. The van der Waals surface area contributed by atoms with E-state index in [4.69, 9.17) is 0 Å². The van der Waals surface area contributed by atoms with Gasteiger partial charge in [0.05, 0.1) is 7.11 Å². The molecule has 114 valence electrons. The second-order valence-corrected chi connectivity index (χ2v) is 4.60. The van der Waals surface area contributed by atoms with E-state index < -0.39 is 30.8 Å². The lowest BCUT2D eigenvalue weighted by Gasteiger charge is -2.07. The molecule has 0 atom stereocenters. The average Bonchev–Trinajstić information content (AvgIpc) is 2.48. The van der Waals surface area contributed by atoms with Crippen molar-refractivity contribution in [1.29, 1.82) is 0 Å². The summed E-state index contributed by atoms with van der Waals surface area (Å²) in [5, 5.41) is 2.45. The van der Waals surface area contributed by atoms with Crippen molar-refractivity contribution in [2.45, 2.75) is 13.1 Å². The molecule has 0 aliphatic heterocycles. The minimum atomic E-state index is -0.946. The second-order valence-electron chi connectivity index (χ2n) is 3.81. The van der Waals surface area contributed by atoms with E-state index in [0.717, 1.165) is 18.9 Å². The number of nitrogens with one attached hydrogen (secondary N) is 1. The van der Waals surface area contributed by atoms with Crippen molar-refractivity contribution >= 4 is 34.5 Å². The molecule has 0 bridgehead atoms. The average molecular weight is 316 g/mol. The zero-order valence-corrected chi connectivity index (χ0v) is 12.3. The quantitative estimate of drug-likeness (QED) is 0.401. The number of hydrogen-bond acceptors (Lipinski definition) is 5. The van der Waals surface area contributed by atoms with E-state index in [9.17, 15) is 18.4 Å². The van der Waals surface area contributed by atoms with Crippen LogP contribution in [0.5, 0.6) is 0 Å². The van der Waals surface area contributed by atoms with Gasteiger partial charge in [-0.25, -0.2) is 13.8 Å². The fraction of sp³-hybridized carbons (Fsp3) is 0.308. The molecule has 0 unspecified atom stereocenters. The third-order valence-electron chi connectivity index (χ3n) is 2.40. The summed E-state index contributed by atoms with van der Waals surface area (Å²) in [6, 6.07) is 4.13. The van der Waals surface area contributed by atoms with Gasteiger partial charge in [-0.3, -0.25) is 9.59 Å². The summed E-state index contributed by atoms with van der Waals surface area (Å²) >= 11 is 1.06. The number of methoxy groups -OCH3 is 1. The Hall–Kier alpha value is -1.96. The van der Waals surface area contributed by atoms with Crippen LogP contribution in [0.4, 0.5) is 14.5 Å². The molecule has 1 N–H and O–H groups in total. The van der Waals surface area contributed by atoms with Crippen LogP contribution >= 0.6 is 11.8 Å². The van der Waals surface area contributed by atoms with Gasteiger partial charge in [-0.2, -0.15) is 0 Å². The first-order valence-corrected chi connectivity index (χ1v) is 7.07. The number of alkyl halides is 1. The number of carbonyl (C=O) groups excluding carboxylic acids is 2. The molecule has 1 aromatic rings. The van der Waals surface area contributed by atoms with E-state index in [2.05, 4.69) is 15.0 Å². The first kappa shape index (κ1) is 17.1. The van der Waals surface area contributed by atoms with Crippen LogP contribution in [0.25, 0.3) is 0 Å². The van der Waals surface area contributed by atoms with Crippen LogP contribution < -0.4 is 5.32 Å². The van der Waals surface area contributed by atoms with Gasteiger partial charge in [-0.1, -0.05) is 23.9 Å². The molecule has 1 aromatic carbocycles. The molecule has 0 saturated carbocycles. The van der Waals surface area contributed by atoms with Crippen LogP contribution in [0, 0.1) is 5.82 Å². The number of thioether (sulfide) groups is 1. The lowest BCUT2D eigenvalue weighted by atomic mass is 10.2. The van der Waals surface area contributed by atoms with Gasteiger partial charge >= 0.3 is 5.97 Å². The Kier molecular flexibility index (Phi) is 6.80. The fourth-order valence-corrected chi connectivity index (χ4v) is 1.76. The Morgan fingerprint density at radius 1 is 1.43 bits per heavy atom. The van der Waals surface area contributed by atoms with Crippen LogP contribution in [-0.2, 0) is 21.0 Å². The molecule has 8 heteroatoms. The number of benzene rings is 1. The van der Waals surface area contributed by atoms with Crippen LogP contribution in [0.1, 0.15) is 12.0 Å². The van der Waals surface area contributed by atoms with Crippen LogP contribution in [-0.4, -0.2) is 30.4 Å². The van der Waals surface area contributed by atoms with Crippen molar-refractivity contribution in [2.75, 3.05) is 13.4 Å². The highest BCUT2D eigenvalue weighted by atomic mass is 32.2. The maximum Gasteiger partial charge on any atom is 0.315 e. The maximum atomic E-state index is 13.8. The van der Waals surface area contributed by atoms with Crippen molar-refractivity contribution in [2.24, 2.45) is 4.99 Å². The summed E-state index contributed by atoms with van der Waals surface area (Å²) in [5.74, 6) is -2.11. The van der Waals surface area contributed by atoms with E-state index >= 15 is 0 Å². The topological polar surface area (TPSA) is 67.8 Å². The standard InChI is InChI=1S/C13H14F2N2O3S/c1-20-11(19)6-10(18)17-13(21-2)16-9-5-3-4-8(7-14)12(9)15/h3-5H,6-7H2,1-2H3,(H,16,17,18). The minimum Gasteiger partial charge on any atom is -0.469 e. The van der Waals surface area contributed by atoms with Gasteiger partial charge < -0.3 is 10.1 Å². The number of hydrogen-bond donors (Lipinski definition) is 1. The summed E-state index contributed by atoms with van der Waals surface area (Å²) in [6.07, 6.45) is 1.15. The van der Waals surface area contributed by atoms with Gasteiger partial charge in [0.25, 0.3) is 0 Å². The van der Waals surface area contributed by atoms with E-state index in [1.54, 1.807) is 6.26 Å². The molecule has 1 rings (SSSR count). The SMILES string of the molecule is COC(=O)CC(=O)NC(=Nc1cccc(CF)c1F)SC. The van der Waals surface area contributed by atoms with E-state index in [1.165, 1.54) is 18.2 Å². The summed E-state index contributed by atoms with van der Waals surface area (Å²) in [5.41, 5.74) is -0.203. The van der Waals surface area contributed by atoms with Gasteiger partial charge in [-0.15, -0.1) is 0 Å². The lowest BCUT2D eigenvalue weighted by Crippen LogP contribution is -2.30. The number of esters is 1. The molecule has 1 amide bonds. The predicted octanol–water partition coefficient (Wildman–Crippen LogP) is 2.33. The molecule has 0 fully saturated rings. The smallest absolute Gasteiger partial charge is 0.315 e. The Balaban J connectivity index is 2.89. The molecule has 0 spiro atoms. The van der Waals surface area contributed by atoms with Crippen molar-refractivity contribution < 1.29 is 23.1 Å². The molecule has 5 nitrogen and oxygen atoms in total. The van der Waals surface area contributed by atoms with Crippen molar-refractivity contribution in [3.63, 3.8) is 0 Å². The van der Waals surface area contributed by atoms with Gasteiger partial charge in [0.1, 0.15) is 18.8 Å². The van der Waals surface area contributed by atoms with Crippen LogP contribution in [0.2, 0.25) is 0 Å². The molecule has 0 aliphatic carbocycles. The maximum absolute atomic E-state index is 13.8. The molecule has 0 aliphatic rings. The zero-order valence-electron chi connectivity index (χ0n) is 11.5. The Morgan fingerprint density at radius 3 is 2.71 bits per heavy atom. The second kappa shape index (κ2) is 8.35. The van der Waals surface area contributed by atoms with Crippen LogP contribution in [0.15, 0.2) is 23.2 Å². The third-order valence-corrected chi connectivity index (χ3v) is 2.98. The van der Waals surface area contributed by atoms with E-state index in [0.29, 0.717) is 0 Å². The highest BCUT2D eigenvalue weighted by Gasteiger charge is 2.13. The molecule has 0 saturated heterocycles. The molecule has 21 heavy (non-hydrogen) atoms. The number of amides is 1. The van der Waals surface area contributed by atoms with Crippen LogP contribution in [0.3, 0.4) is 0 Å². The number of carbonyl (C=O) groups is 2. The Bertz CT molecular complexity index is 564. The minimum absolute atomic E-state index is 0.0899. The van der Waals surface area contributed by atoms with Crippen molar-refractivity contribution in [3.8, 4) is 0 Å². The fourth-order valence-electron chi connectivity index (χ4n) is 1.36. The molecule has 0 heterocycles. The Labute approximate surface area is 124 Å².